The van der Waals surface area contributed by atoms with Crippen LogP contribution in [0.25, 0.3) is 0 Å². The van der Waals surface area contributed by atoms with Gasteiger partial charge in [-0.2, -0.15) is 0 Å². The van der Waals surface area contributed by atoms with Gasteiger partial charge in [0.1, 0.15) is 5.82 Å². The van der Waals surface area contributed by atoms with Crippen LogP contribution < -0.4 is 5.32 Å². The topological polar surface area (TPSA) is 32.3 Å². The zero-order valence-corrected chi connectivity index (χ0v) is 10.3. The second-order valence-corrected chi connectivity index (χ2v) is 4.61. The van der Waals surface area contributed by atoms with Crippen LogP contribution in [0.1, 0.15) is 17.3 Å². The van der Waals surface area contributed by atoms with Gasteiger partial charge < -0.3 is 10.2 Å². The average Bonchev–Trinajstić information content (AvgIpc) is 2.28. The Bertz CT molecular complexity index is 418. The van der Waals surface area contributed by atoms with Crippen LogP contribution in [-0.4, -0.2) is 36.5 Å². The minimum absolute atomic E-state index is 0.0248. The van der Waals surface area contributed by atoms with Crippen molar-refractivity contribution in [3.05, 3.63) is 34.6 Å². The fourth-order valence-corrected chi connectivity index (χ4v) is 2.22. The highest BCUT2D eigenvalue weighted by molar-refractivity contribution is 6.33. The molecule has 2 rings (SSSR count). The molecule has 0 aliphatic carbocycles. The zero-order valence-electron chi connectivity index (χ0n) is 9.54. The van der Waals surface area contributed by atoms with Crippen molar-refractivity contribution in [3.63, 3.8) is 0 Å². The smallest absolute Gasteiger partial charge is 0.258 e. The summed E-state index contributed by atoms with van der Waals surface area (Å²) >= 11 is 5.88. The van der Waals surface area contributed by atoms with Gasteiger partial charge in [-0.1, -0.05) is 17.7 Å². The van der Waals surface area contributed by atoms with E-state index in [2.05, 4.69) is 5.32 Å². The van der Waals surface area contributed by atoms with Crippen molar-refractivity contribution in [1.29, 1.82) is 0 Å². The first-order chi connectivity index (χ1) is 8.09. The monoisotopic (exact) mass is 256 g/mol. The number of carbonyl (C=O) groups is 1. The van der Waals surface area contributed by atoms with E-state index in [1.54, 1.807) is 4.90 Å². The number of amides is 1. The van der Waals surface area contributed by atoms with E-state index in [4.69, 9.17) is 11.6 Å². The quantitative estimate of drug-likeness (QED) is 0.833. The molecule has 0 saturated carbocycles. The largest absolute Gasteiger partial charge is 0.336 e. The highest BCUT2D eigenvalue weighted by atomic mass is 35.5. The van der Waals surface area contributed by atoms with Crippen LogP contribution in [0.4, 0.5) is 4.39 Å². The third kappa shape index (κ3) is 2.58. The van der Waals surface area contributed by atoms with Gasteiger partial charge in [0.15, 0.2) is 0 Å². The second kappa shape index (κ2) is 5.02. The summed E-state index contributed by atoms with van der Waals surface area (Å²) in [4.78, 5) is 13.8. The van der Waals surface area contributed by atoms with E-state index in [0.29, 0.717) is 13.1 Å². The molecule has 1 atom stereocenters. The molecule has 0 bridgehead atoms. The maximum atomic E-state index is 13.6. The Labute approximate surface area is 105 Å². The van der Waals surface area contributed by atoms with Crippen LogP contribution in [0.2, 0.25) is 5.02 Å². The summed E-state index contributed by atoms with van der Waals surface area (Å²) in [5, 5.41) is 3.39. The summed E-state index contributed by atoms with van der Waals surface area (Å²) in [6, 6.07) is 4.50. The molecule has 1 amide bonds. The van der Waals surface area contributed by atoms with Crippen LogP contribution >= 0.6 is 11.6 Å². The first-order valence-electron chi connectivity index (χ1n) is 5.56. The number of piperazine rings is 1. The molecule has 1 aliphatic heterocycles. The molecule has 1 aromatic carbocycles. The lowest BCUT2D eigenvalue weighted by Gasteiger charge is -2.32. The van der Waals surface area contributed by atoms with Gasteiger partial charge in [-0.25, -0.2) is 4.39 Å². The molecule has 3 nitrogen and oxygen atoms in total. The maximum absolute atomic E-state index is 13.6. The molecular formula is C12H14ClFN2O. The van der Waals surface area contributed by atoms with E-state index < -0.39 is 5.82 Å². The van der Waals surface area contributed by atoms with Gasteiger partial charge in [-0.15, -0.1) is 0 Å². The standard InChI is InChI=1S/C12H14ClFN2O/c1-8-7-16(6-5-15-8)12(17)11-9(13)3-2-4-10(11)14/h2-4,8,15H,5-7H2,1H3/t8-/m1/s1. The predicted octanol–water partition coefficient (Wildman–Crippen LogP) is 1.91. The van der Waals surface area contributed by atoms with Gasteiger partial charge in [-0.05, 0) is 19.1 Å². The second-order valence-electron chi connectivity index (χ2n) is 4.20. The lowest BCUT2D eigenvalue weighted by Crippen LogP contribution is -2.51. The van der Waals surface area contributed by atoms with Crippen molar-refractivity contribution >= 4 is 17.5 Å². The normalized spacial score (nSPS) is 20.4. The van der Waals surface area contributed by atoms with E-state index in [1.807, 2.05) is 6.92 Å². The average molecular weight is 257 g/mol. The number of carbonyl (C=O) groups excluding carboxylic acids is 1. The minimum atomic E-state index is -0.561. The number of halogens is 2. The summed E-state index contributed by atoms with van der Waals surface area (Å²) in [7, 11) is 0. The van der Waals surface area contributed by atoms with Crippen molar-refractivity contribution in [3.8, 4) is 0 Å². The molecule has 0 spiro atoms. The molecule has 1 aliphatic rings. The van der Waals surface area contributed by atoms with Gasteiger partial charge in [0.25, 0.3) is 5.91 Å². The lowest BCUT2D eigenvalue weighted by atomic mass is 10.1. The van der Waals surface area contributed by atoms with Gasteiger partial charge in [-0.3, -0.25) is 4.79 Å². The highest BCUT2D eigenvalue weighted by Gasteiger charge is 2.25. The Morgan fingerprint density at radius 1 is 1.59 bits per heavy atom. The summed E-state index contributed by atoms with van der Waals surface area (Å²) in [5.74, 6) is -0.893. The molecule has 17 heavy (non-hydrogen) atoms. The molecule has 1 aromatic rings. The van der Waals surface area contributed by atoms with Gasteiger partial charge >= 0.3 is 0 Å². The molecule has 1 saturated heterocycles. The van der Waals surface area contributed by atoms with Crippen molar-refractivity contribution in [2.75, 3.05) is 19.6 Å². The van der Waals surface area contributed by atoms with Gasteiger partial charge in [0.05, 0.1) is 10.6 Å². The molecular weight excluding hydrogens is 243 g/mol. The van der Waals surface area contributed by atoms with Crippen molar-refractivity contribution in [2.24, 2.45) is 0 Å². The summed E-state index contributed by atoms with van der Waals surface area (Å²) in [6.45, 7) is 3.86. The summed E-state index contributed by atoms with van der Waals surface area (Å²) < 4.78 is 13.6. The molecule has 1 heterocycles. The number of nitrogens with one attached hydrogen (secondary N) is 1. The fourth-order valence-electron chi connectivity index (χ4n) is 1.98. The molecule has 1 fully saturated rings. The van der Waals surface area contributed by atoms with Crippen LogP contribution in [0.5, 0.6) is 0 Å². The predicted molar refractivity (Wildman–Crippen MR) is 64.8 cm³/mol. The third-order valence-corrected chi connectivity index (χ3v) is 3.15. The number of rotatable bonds is 1. The number of benzene rings is 1. The van der Waals surface area contributed by atoms with Gasteiger partial charge in [0.2, 0.25) is 0 Å². The lowest BCUT2D eigenvalue weighted by molar-refractivity contribution is 0.0704. The Morgan fingerprint density at radius 3 is 3.00 bits per heavy atom. The Kier molecular flexibility index (Phi) is 3.64. The molecule has 0 radical (unpaired) electrons. The van der Waals surface area contributed by atoms with E-state index in [1.165, 1.54) is 18.2 Å². The van der Waals surface area contributed by atoms with Crippen LogP contribution in [0.3, 0.4) is 0 Å². The van der Waals surface area contributed by atoms with Crippen LogP contribution in [0.15, 0.2) is 18.2 Å². The van der Waals surface area contributed by atoms with E-state index in [-0.39, 0.29) is 22.5 Å². The SMILES string of the molecule is C[C@@H]1CN(C(=O)c2c(F)cccc2Cl)CCN1. The number of nitrogens with zero attached hydrogens (tertiary/aromatic N) is 1. The third-order valence-electron chi connectivity index (χ3n) is 2.83. The van der Waals surface area contributed by atoms with Crippen LogP contribution in [0, 0.1) is 5.82 Å². The van der Waals surface area contributed by atoms with E-state index in [9.17, 15) is 9.18 Å². The molecule has 0 aromatic heterocycles. The van der Waals surface area contributed by atoms with Crippen molar-refractivity contribution in [1.82, 2.24) is 10.2 Å². The first kappa shape index (κ1) is 12.3. The maximum Gasteiger partial charge on any atom is 0.258 e. The van der Waals surface area contributed by atoms with Gasteiger partial charge in [0, 0.05) is 25.7 Å². The molecule has 1 N–H and O–H groups in total. The Hall–Kier alpha value is -1.13. The summed E-state index contributed by atoms with van der Waals surface area (Å²) in [6.07, 6.45) is 0. The minimum Gasteiger partial charge on any atom is -0.336 e. The van der Waals surface area contributed by atoms with E-state index >= 15 is 0 Å². The Morgan fingerprint density at radius 2 is 2.35 bits per heavy atom. The molecule has 5 heteroatoms. The highest BCUT2D eigenvalue weighted by Crippen LogP contribution is 2.21. The van der Waals surface area contributed by atoms with Crippen molar-refractivity contribution < 1.29 is 9.18 Å². The number of hydrogen-bond acceptors (Lipinski definition) is 2. The van der Waals surface area contributed by atoms with Crippen LogP contribution in [-0.2, 0) is 0 Å². The fraction of sp³-hybridized carbons (Fsp3) is 0.417. The number of hydrogen-bond donors (Lipinski definition) is 1. The summed E-state index contributed by atoms with van der Waals surface area (Å²) in [5.41, 5.74) is -0.0248. The molecule has 0 unspecified atom stereocenters. The zero-order chi connectivity index (χ0) is 12.4. The first-order valence-corrected chi connectivity index (χ1v) is 5.94. The Balaban J connectivity index is 2.24. The van der Waals surface area contributed by atoms with Crippen molar-refractivity contribution in [2.45, 2.75) is 13.0 Å². The van der Waals surface area contributed by atoms with E-state index in [0.717, 1.165) is 6.54 Å². The molecule has 92 valence electrons.